The average Bonchev–Trinajstić information content (AvgIpc) is 2.64. The van der Waals surface area contributed by atoms with E-state index in [1.54, 1.807) is 29.4 Å². The number of phenolic OH excluding ortho intramolecular Hbond substituents is 1. The van der Waals surface area contributed by atoms with Crippen molar-refractivity contribution in [2.24, 2.45) is 0 Å². The van der Waals surface area contributed by atoms with Gasteiger partial charge in [0, 0.05) is 32.1 Å². The number of nitrogens with zero attached hydrogens (tertiary/aromatic N) is 2. The van der Waals surface area contributed by atoms with Gasteiger partial charge < -0.3 is 14.7 Å². The molecule has 0 radical (unpaired) electrons. The largest absolute Gasteiger partial charge is 0.508 e. The molecule has 1 amide bonds. The Morgan fingerprint density at radius 2 is 1.96 bits per heavy atom. The Bertz CT molecular complexity index is 652. The predicted octanol–water partition coefficient (Wildman–Crippen LogP) is 2.89. The molecule has 1 aliphatic rings. The van der Waals surface area contributed by atoms with Crippen LogP contribution in [0, 0.1) is 0 Å². The summed E-state index contributed by atoms with van der Waals surface area (Å²) in [7, 11) is 0. The van der Waals surface area contributed by atoms with Crippen LogP contribution in [0.3, 0.4) is 0 Å². The SMILES string of the molecule is O=C([C@@H]1CCCCO1)N(Cc1ccc(O)cc1)Cc1cccnc1. The molecule has 0 unspecified atom stereocenters. The molecule has 24 heavy (non-hydrogen) atoms. The van der Waals surface area contributed by atoms with Gasteiger partial charge in [0.2, 0.25) is 0 Å². The second-order valence-electron chi connectivity index (χ2n) is 6.08. The number of rotatable bonds is 5. The Kier molecular flexibility index (Phi) is 5.43. The van der Waals surface area contributed by atoms with E-state index in [1.165, 1.54) is 0 Å². The van der Waals surface area contributed by atoms with Crippen LogP contribution in [-0.2, 0) is 22.6 Å². The van der Waals surface area contributed by atoms with E-state index < -0.39 is 0 Å². The number of benzene rings is 1. The standard InChI is InChI=1S/C19H22N2O3/c22-17-8-6-15(7-9-17)13-21(14-16-4-3-10-20-12-16)19(23)18-5-1-2-11-24-18/h3-4,6-10,12,18,22H,1-2,5,11,13-14H2/t18-/m0/s1. The Hall–Kier alpha value is -2.40. The quantitative estimate of drug-likeness (QED) is 0.918. The second kappa shape index (κ2) is 7.93. The molecule has 0 saturated carbocycles. The minimum atomic E-state index is -0.354. The zero-order chi connectivity index (χ0) is 16.8. The molecule has 126 valence electrons. The summed E-state index contributed by atoms with van der Waals surface area (Å²) in [6, 6.07) is 10.8. The third-order valence-electron chi connectivity index (χ3n) is 4.17. The number of carbonyl (C=O) groups is 1. The highest BCUT2D eigenvalue weighted by atomic mass is 16.5. The molecular formula is C19H22N2O3. The molecule has 1 aliphatic heterocycles. The van der Waals surface area contributed by atoms with Crippen molar-refractivity contribution in [2.75, 3.05) is 6.61 Å². The molecule has 3 rings (SSSR count). The number of hydrogen-bond acceptors (Lipinski definition) is 4. The summed E-state index contributed by atoms with van der Waals surface area (Å²) in [5.41, 5.74) is 1.96. The lowest BCUT2D eigenvalue weighted by molar-refractivity contribution is -0.147. The molecule has 1 N–H and O–H groups in total. The summed E-state index contributed by atoms with van der Waals surface area (Å²) in [5, 5.41) is 9.43. The summed E-state index contributed by atoms with van der Waals surface area (Å²) in [5.74, 6) is 0.242. The van der Waals surface area contributed by atoms with E-state index in [-0.39, 0.29) is 17.8 Å². The monoisotopic (exact) mass is 326 g/mol. The van der Waals surface area contributed by atoms with Crippen LogP contribution in [0.4, 0.5) is 0 Å². The van der Waals surface area contributed by atoms with Gasteiger partial charge >= 0.3 is 0 Å². The zero-order valence-corrected chi connectivity index (χ0v) is 13.6. The van der Waals surface area contributed by atoms with Crippen molar-refractivity contribution in [3.05, 3.63) is 59.9 Å². The number of phenols is 1. The van der Waals surface area contributed by atoms with Gasteiger partial charge in [-0.3, -0.25) is 9.78 Å². The van der Waals surface area contributed by atoms with Gasteiger partial charge in [-0.15, -0.1) is 0 Å². The number of hydrogen-bond donors (Lipinski definition) is 1. The van der Waals surface area contributed by atoms with Crippen LogP contribution in [0.2, 0.25) is 0 Å². The van der Waals surface area contributed by atoms with Gasteiger partial charge in [-0.1, -0.05) is 18.2 Å². The van der Waals surface area contributed by atoms with Crippen molar-refractivity contribution in [2.45, 2.75) is 38.5 Å². The number of ether oxygens (including phenoxy) is 1. The zero-order valence-electron chi connectivity index (χ0n) is 13.6. The molecule has 2 heterocycles. The van der Waals surface area contributed by atoms with E-state index in [0.717, 1.165) is 30.4 Å². The summed E-state index contributed by atoms with van der Waals surface area (Å²) < 4.78 is 5.67. The third-order valence-corrected chi connectivity index (χ3v) is 4.17. The normalized spacial score (nSPS) is 17.4. The summed E-state index contributed by atoms with van der Waals surface area (Å²) in [4.78, 5) is 18.8. The number of pyridine rings is 1. The van der Waals surface area contributed by atoms with Gasteiger partial charge in [-0.05, 0) is 48.6 Å². The van der Waals surface area contributed by atoms with Gasteiger partial charge in [0.1, 0.15) is 11.9 Å². The molecule has 1 saturated heterocycles. The van der Waals surface area contributed by atoms with Crippen molar-refractivity contribution < 1.29 is 14.6 Å². The van der Waals surface area contributed by atoms with Crippen LogP contribution in [0.15, 0.2) is 48.8 Å². The highest BCUT2D eigenvalue weighted by molar-refractivity contribution is 5.81. The smallest absolute Gasteiger partial charge is 0.252 e. The first-order valence-corrected chi connectivity index (χ1v) is 8.29. The Balaban J connectivity index is 1.76. The summed E-state index contributed by atoms with van der Waals surface area (Å²) in [6.45, 7) is 1.62. The number of carbonyl (C=O) groups excluding carboxylic acids is 1. The van der Waals surface area contributed by atoms with Crippen LogP contribution in [0.1, 0.15) is 30.4 Å². The van der Waals surface area contributed by atoms with Crippen molar-refractivity contribution in [3.63, 3.8) is 0 Å². The lowest BCUT2D eigenvalue weighted by atomic mass is 10.1. The van der Waals surface area contributed by atoms with Gasteiger partial charge in [0.25, 0.3) is 5.91 Å². The topological polar surface area (TPSA) is 62.7 Å². The van der Waals surface area contributed by atoms with Crippen molar-refractivity contribution in [1.82, 2.24) is 9.88 Å². The highest BCUT2D eigenvalue weighted by Gasteiger charge is 2.27. The van der Waals surface area contributed by atoms with Gasteiger partial charge in [-0.2, -0.15) is 0 Å². The molecule has 5 nitrogen and oxygen atoms in total. The summed E-state index contributed by atoms with van der Waals surface area (Å²) in [6.07, 6.45) is 5.96. The second-order valence-corrected chi connectivity index (χ2v) is 6.08. The molecule has 1 fully saturated rings. The van der Waals surface area contributed by atoms with Crippen LogP contribution < -0.4 is 0 Å². The van der Waals surface area contributed by atoms with Crippen LogP contribution >= 0.6 is 0 Å². The molecule has 0 spiro atoms. The van der Waals surface area contributed by atoms with Crippen LogP contribution in [0.25, 0.3) is 0 Å². The van der Waals surface area contributed by atoms with E-state index >= 15 is 0 Å². The number of amides is 1. The fourth-order valence-corrected chi connectivity index (χ4v) is 2.88. The van der Waals surface area contributed by atoms with E-state index in [9.17, 15) is 9.90 Å². The highest BCUT2D eigenvalue weighted by Crippen LogP contribution is 2.19. The Morgan fingerprint density at radius 1 is 1.17 bits per heavy atom. The van der Waals surface area contributed by atoms with Gasteiger partial charge in [-0.25, -0.2) is 0 Å². The van der Waals surface area contributed by atoms with Crippen LogP contribution in [-0.4, -0.2) is 33.6 Å². The van der Waals surface area contributed by atoms with Crippen molar-refractivity contribution >= 4 is 5.91 Å². The van der Waals surface area contributed by atoms with E-state index in [2.05, 4.69) is 4.98 Å². The fraction of sp³-hybridized carbons (Fsp3) is 0.368. The molecule has 0 aliphatic carbocycles. The molecule has 0 bridgehead atoms. The van der Waals surface area contributed by atoms with E-state index in [4.69, 9.17) is 4.74 Å². The molecule has 5 heteroatoms. The van der Waals surface area contributed by atoms with E-state index in [0.29, 0.717) is 19.7 Å². The van der Waals surface area contributed by atoms with Crippen molar-refractivity contribution in [1.29, 1.82) is 0 Å². The Labute approximate surface area is 141 Å². The maximum Gasteiger partial charge on any atom is 0.252 e. The third kappa shape index (κ3) is 4.32. The first kappa shape index (κ1) is 16.5. The molecule has 1 aromatic carbocycles. The fourth-order valence-electron chi connectivity index (χ4n) is 2.88. The molecule has 1 aromatic heterocycles. The first-order chi connectivity index (χ1) is 11.7. The molecular weight excluding hydrogens is 304 g/mol. The average molecular weight is 326 g/mol. The van der Waals surface area contributed by atoms with Gasteiger partial charge in [0.05, 0.1) is 0 Å². The minimum absolute atomic E-state index is 0.0200. The maximum atomic E-state index is 12.9. The maximum absolute atomic E-state index is 12.9. The lowest BCUT2D eigenvalue weighted by Crippen LogP contribution is -2.41. The predicted molar refractivity (Wildman–Crippen MR) is 90.2 cm³/mol. The molecule has 1 atom stereocenters. The first-order valence-electron chi connectivity index (χ1n) is 8.29. The number of aromatic hydroxyl groups is 1. The molecule has 2 aromatic rings. The van der Waals surface area contributed by atoms with Gasteiger partial charge in [0.15, 0.2) is 0 Å². The van der Waals surface area contributed by atoms with E-state index in [1.807, 2.05) is 24.3 Å². The lowest BCUT2D eigenvalue weighted by Gasteiger charge is -2.29. The van der Waals surface area contributed by atoms with Crippen LogP contribution in [0.5, 0.6) is 5.75 Å². The summed E-state index contributed by atoms with van der Waals surface area (Å²) >= 11 is 0. The minimum Gasteiger partial charge on any atom is -0.508 e. The Morgan fingerprint density at radius 3 is 2.62 bits per heavy atom. The van der Waals surface area contributed by atoms with Crippen molar-refractivity contribution in [3.8, 4) is 5.75 Å². The number of aromatic nitrogens is 1.